The van der Waals surface area contributed by atoms with E-state index in [0.717, 1.165) is 53.5 Å². The molecule has 3 aromatic rings. The number of aryl methyl sites for hydroxylation is 3. The van der Waals surface area contributed by atoms with Crippen LogP contribution in [0.1, 0.15) is 39.7 Å². The fraction of sp³-hybridized carbons (Fsp3) is 0.346. The standard InChI is InChI=1S/C26H30N4O/c1-5-22-20(4)27-24(21-11-8-9-18(2)17-21)28-25(22)29-13-15-30(16-14-29)26(31)23-12-7-6-10-19(23)3/h6-12,17H,5,13-16H2,1-4H3. The Morgan fingerprint density at radius 1 is 0.935 bits per heavy atom. The molecule has 2 aromatic carbocycles. The largest absolute Gasteiger partial charge is 0.353 e. The van der Waals surface area contributed by atoms with Gasteiger partial charge in [-0.3, -0.25) is 4.79 Å². The van der Waals surface area contributed by atoms with E-state index in [1.807, 2.05) is 42.2 Å². The summed E-state index contributed by atoms with van der Waals surface area (Å²) in [7, 11) is 0. The minimum atomic E-state index is 0.118. The van der Waals surface area contributed by atoms with Gasteiger partial charge in [0, 0.05) is 48.6 Å². The Balaban J connectivity index is 1.58. The van der Waals surface area contributed by atoms with Crippen molar-refractivity contribution < 1.29 is 4.79 Å². The Bertz CT molecular complexity index is 1100. The lowest BCUT2D eigenvalue weighted by atomic mass is 10.1. The number of aromatic nitrogens is 2. The van der Waals surface area contributed by atoms with Crippen molar-refractivity contribution in [2.45, 2.75) is 34.1 Å². The van der Waals surface area contributed by atoms with Crippen molar-refractivity contribution in [3.63, 3.8) is 0 Å². The average Bonchev–Trinajstić information content (AvgIpc) is 2.78. The minimum Gasteiger partial charge on any atom is -0.353 e. The van der Waals surface area contributed by atoms with Gasteiger partial charge in [0.2, 0.25) is 0 Å². The predicted molar refractivity (Wildman–Crippen MR) is 126 cm³/mol. The van der Waals surface area contributed by atoms with Gasteiger partial charge in [0.25, 0.3) is 5.91 Å². The Morgan fingerprint density at radius 3 is 2.35 bits per heavy atom. The fourth-order valence-corrected chi connectivity index (χ4v) is 4.27. The summed E-state index contributed by atoms with van der Waals surface area (Å²) in [6.45, 7) is 11.2. The zero-order valence-electron chi connectivity index (χ0n) is 18.9. The fourth-order valence-electron chi connectivity index (χ4n) is 4.27. The number of hydrogen-bond donors (Lipinski definition) is 0. The van der Waals surface area contributed by atoms with E-state index in [9.17, 15) is 4.79 Å². The van der Waals surface area contributed by atoms with Crippen LogP contribution in [0.15, 0.2) is 48.5 Å². The topological polar surface area (TPSA) is 49.3 Å². The zero-order chi connectivity index (χ0) is 22.0. The molecule has 0 atom stereocenters. The molecule has 160 valence electrons. The zero-order valence-corrected chi connectivity index (χ0v) is 18.9. The molecule has 0 N–H and O–H groups in total. The van der Waals surface area contributed by atoms with Gasteiger partial charge in [0.05, 0.1) is 0 Å². The van der Waals surface area contributed by atoms with Crippen LogP contribution in [0.2, 0.25) is 0 Å². The molecule has 0 spiro atoms. The lowest BCUT2D eigenvalue weighted by Crippen LogP contribution is -2.49. The maximum absolute atomic E-state index is 13.0. The monoisotopic (exact) mass is 414 g/mol. The summed E-state index contributed by atoms with van der Waals surface area (Å²) in [6.07, 6.45) is 0.887. The van der Waals surface area contributed by atoms with E-state index in [4.69, 9.17) is 9.97 Å². The Kier molecular flexibility index (Phi) is 6.03. The van der Waals surface area contributed by atoms with E-state index < -0.39 is 0 Å². The highest BCUT2D eigenvalue weighted by Gasteiger charge is 2.26. The van der Waals surface area contributed by atoms with Gasteiger partial charge in [-0.2, -0.15) is 0 Å². The number of amides is 1. The van der Waals surface area contributed by atoms with Crippen molar-refractivity contribution in [3.8, 4) is 11.4 Å². The maximum atomic E-state index is 13.0. The molecule has 1 aliphatic heterocycles. The SMILES string of the molecule is CCc1c(C)nc(-c2cccc(C)c2)nc1N1CCN(C(=O)c2ccccc2C)CC1. The Morgan fingerprint density at radius 2 is 1.68 bits per heavy atom. The van der Waals surface area contributed by atoms with Crippen LogP contribution in [0.25, 0.3) is 11.4 Å². The van der Waals surface area contributed by atoms with Crippen LogP contribution in [0.5, 0.6) is 0 Å². The molecular formula is C26H30N4O. The second-order valence-electron chi connectivity index (χ2n) is 8.25. The first kappa shape index (κ1) is 21.0. The molecule has 1 fully saturated rings. The van der Waals surface area contributed by atoms with Gasteiger partial charge in [-0.05, 0) is 44.9 Å². The van der Waals surface area contributed by atoms with Crippen molar-refractivity contribution in [2.24, 2.45) is 0 Å². The molecule has 0 aliphatic carbocycles. The molecule has 0 radical (unpaired) electrons. The van der Waals surface area contributed by atoms with E-state index in [-0.39, 0.29) is 5.91 Å². The first-order valence-corrected chi connectivity index (χ1v) is 11.0. The van der Waals surface area contributed by atoms with Gasteiger partial charge in [-0.1, -0.05) is 48.9 Å². The van der Waals surface area contributed by atoms with Crippen LogP contribution in [-0.4, -0.2) is 47.0 Å². The molecular weight excluding hydrogens is 384 g/mol. The first-order chi connectivity index (χ1) is 15.0. The van der Waals surface area contributed by atoms with Crippen LogP contribution in [0.4, 0.5) is 5.82 Å². The number of piperazine rings is 1. The molecule has 0 bridgehead atoms. The quantitative estimate of drug-likeness (QED) is 0.626. The third kappa shape index (κ3) is 4.31. The normalized spacial score (nSPS) is 14.1. The number of carbonyl (C=O) groups is 1. The van der Waals surface area contributed by atoms with E-state index in [0.29, 0.717) is 13.1 Å². The van der Waals surface area contributed by atoms with Gasteiger partial charge in [-0.15, -0.1) is 0 Å². The third-order valence-electron chi connectivity index (χ3n) is 6.06. The summed E-state index contributed by atoms with van der Waals surface area (Å²) < 4.78 is 0. The predicted octanol–water partition coefficient (Wildman–Crippen LogP) is 4.59. The van der Waals surface area contributed by atoms with Crippen LogP contribution < -0.4 is 4.90 Å². The van der Waals surface area contributed by atoms with E-state index in [2.05, 4.69) is 43.9 Å². The number of carbonyl (C=O) groups excluding carboxylic acids is 1. The number of anilines is 1. The summed E-state index contributed by atoms with van der Waals surface area (Å²) in [5.74, 6) is 1.90. The molecule has 5 heteroatoms. The lowest BCUT2D eigenvalue weighted by Gasteiger charge is -2.36. The highest BCUT2D eigenvalue weighted by atomic mass is 16.2. The van der Waals surface area contributed by atoms with Gasteiger partial charge in [-0.25, -0.2) is 9.97 Å². The second-order valence-corrected chi connectivity index (χ2v) is 8.25. The number of benzene rings is 2. The Labute approximate surface area is 184 Å². The molecule has 0 unspecified atom stereocenters. The van der Waals surface area contributed by atoms with Crippen LogP contribution >= 0.6 is 0 Å². The van der Waals surface area contributed by atoms with E-state index in [1.54, 1.807) is 0 Å². The van der Waals surface area contributed by atoms with Gasteiger partial charge in [0.15, 0.2) is 5.82 Å². The number of nitrogens with zero attached hydrogens (tertiary/aromatic N) is 4. The number of rotatable bonds is 4. The molecule has 31 heavy (non-hydrogen) atoms. The summed E-state index contributed by atoms with van der Waals surface area (Å²) in [4.78, 5) is 27.1. The van der Waals surface area contributed by atoms with E-state index >= 15 is 0 Å². The van der Waals surface area contributed by atoms with Crippen molar-refractivity contribution in [3.05, 3.63) is 76.5 Å². The van der Waals surface area contributed by atoms with Crippen molar-refractivity contribution in [1.29, 1.82) is 0 Å². The van der Waals surface area contributed by atoms with Gasteiger partial charge in [0.1, 0.15) is 5.82 Å². The van der Waals surface area contributed by atoms with Gasteiger partial charge >= 0.3 is 0 Å². The van der Waals surface area contributed by atoms with Crippen molar-refractivity contribution in [2.75, 3.05) is 31.1 Å². The maximum Gasteiger partial charge on any atom is 0.254 e. The molecule has 1 saturated heterocycles. The summed E-state index contributed by atoms with van der Waals surface area (Å²) in [5, 5.41) is 0. The third-order valence-corrected chi connectivity index (χ3v) is 6.06. The summed E-state index contributed by atoms with van der Waals surface area (Å²) >= 11 is 0. The molecule has 0 saturated carbocycles. The molecule has 5 nitrogen and oxygen atoms in total. The molecule has 1 aromatic heterocycles. The van der Waals surface area contributed by atoms with Crippen LogP contribution in [0, 0.1) is 20.8 Å². The Hall–Kier alpha value is -3.21. The molecule has 4 rings (SSSR count). The first-order valence-electron chi connectivity index (χ1n) is 11.0. The van der Waals surface area contributed by atoms with Crippen molar-refractivity contribution >= 4 is 11.7 Å². The second kappa shape index (κ2) is 8.88. The van der Waals surface area contributed by atoms with Crippen LogP contribution in [-0.2, 0) is 6.42 Å². The smallest absolute Gasteiger partial charge is 0.254 e. The molecule has 1 amide bonds. The highest BCUT2D eigenvalue weighted by molar-refractivity contribution is 5.95. The molecule has 1 aliphatic rings. The van der Waals surface area contributed by atoms with Gasteiger partial charge < -0.3 is 9.80 Å². The summed E-state index contributed by atoms with van der Waals surface area (Å²) in [6, 6.07) is 16.1. The lowest BCUT2D eigenvalue weighted by molar-refractivity contribution is 0.0745. The van der Waals surface area contributed by atoms with Crippen molar-refractivity contribution in [1.82, 2.24) is 14.9 Å². The average molecular weight is 415 g/mol. The van der Waals surface area contributed by atoms with E-state index in [1.165, 1.54) is 11.1 Å². The molecule has 2 heterocycles. The van der Waals surface area contributed by atoms with Crippen LogP contribution in [0.3, 0.4) is 0 Å². The minimum absolute atomic E-state index is 0.118. The summed E-state index contributed by atoms with van der Waals surface area (Å²) in [5.41, 5.74) is 6.28. The highest BCUT2D eigenvalue weighted by Crippen LogP contribution is 2.27. The number of hydrogen-bond acceptors (Lipinski definition) is 4.